The maximum Gasteiger partial charge on any atom is 0.405 e. The lowest BCUT2D eigenvalue weighted by molar-refractivity contribution is -0.115. The Kier molecular flexibility index (Phi) is 4.06. The standard InChI is InChI=1S/C10H12F3NO3/c1-17-8-3-2-7(9(16)6(8)4-15)14-5-10(11,12)13/h2-3,14-16H,4-5H2,1H3. The van der Waals surface area contributed by atoms with Gasteiger partial charge in [-0.2, -0.15) is 13.2 Å². The van der Waals surface area contributed by atoms with Crippen LogP contribution in [0, 0.1) is 0 Å². The Labute approximate surface area is 95.6 Å². The van der Waals surface area contributed by atoms with Crippen LogP contribution < -0.4 is 10.1 Å². The maximum atomic E-state index is 12.0. The highest BCUT2D eigenvalue weighted by molar-refractivity contribution is 5.63. The van der Waals surface area contributed by atoms with Crippen LogP contribution in [0.25, 0.3) is 0 Å². The molecular formula is C10H12F3NO3. The third kappa shape index (κ3) is 3.42. The summed E-state index contributed by atoms with van der Waals surface area (Å²) < 4.78 is 40.8. The number of aliphatic hydroxyl groups is 1. The van der Waals surface area contributed by atoms with E-state index in [1.54, 1.807) is 0 Å². The van der Waals surface area contributed by atoms with E-state index in [1.165, 1.54) is 19.2 Å². The zero-order valence-corrected chi connectivity index (χ0v) is 9.01. The zero-order chi connectivity index (χ0) is 13.1. The molecule has 0 radical (unpaired) electrons. The first-order valence-electron chi connectivity index (χ1n) is 4.69. The fraction of sp³-hybridized carbons (Fsp3) is 0.400. The summed E-state index contributed by atoms with van der Waals surface area (Å²) in [5.74, 6) is -0.237. The van der Waals surface area contributed by atoms with Crippen LogP contribution in [0.1, 0.15) is 5.56 Å². The van der Waals surface area contributed by atoms with Gasteiger partial charge in [-0.05, 0) is 12.1 Å². The molecule has 0 heterocycles. The number of rotatable bonds is 4. The molecule has 17 heavy (non-hydrogen) atoms. The molecule has 0 aliphatic rings. The summed E-state index contributed by atoms with van der Waals surface area (Å²) in [6.07, 6.45) is -4.38. The monoisotopic (exact) mass is 251 g/mol. The molecule has 0 aliphatic carbocycles. The lowest BCUT2D eigenvalue weighted by Gasteiger charge is -2.14. The van der Waals surface area contributed by atoms with E-state index < -0.39 is 25.1 Å². The van der Waals surface area contributed by atoms with Crippen molar-refractivity contribution >= 4 is 5.69 Å². The van der Waals surface area contributed by atoms with E-state index in [2.05, 4.69) is 0 Å². The molecular weight excluding hydrogens is 239 g/mol. The summed E-state index contributed by atoms with van der Waals surface area (Å²) in [6, 6.07) is 2.61. The fourth-order valence-electron chi connectivity index (χ4n) is 1.30. The summed E-state index contributed by atoms with van der Waals surface area (Å²) in [6.45, 7) is -1.80. The molecule has 1 rings (SSSR count). The van der Waals surface area contributed by atoms with Gasteiger partial charge in [0.25, 0.3) is 0 Å². The van der Waals surface area contributed by atoms with E-state index in [4.69, 9.17) is 9.84 Å². The van der Waals surface area contributed by atoms with Crippen molar-refractivity contribution in [3.63, 3.8) is 0 Å². The molecule has 0 unspecified atom stereocenters. The van der Waals surface area contributed by atoms with Gasteiger partial charge >= 0.3 is 6.18 Å². The molecule has 1 aromatic rings. The van der Waals surface area contributed by atoms with Gasteiger partial charge in [-0.15, -0.1) is 0 Å². The van der Waals surface area contributed by atoms with Gasteiger partial charge in [0.15, 0.2) is 0 Å². The number of hydrogen-bond acceptors (Lipinski definition) is 4. The normalized spacial score (nSPS) is 11.4. The van der Waals surface area contributed by atoms with E-state index in [0.29, 0.717) is 0 Å². The second-order valence-electron chi connectivity index (χ2n) is 3.27. The van der Waals surface area contributed by atoms with Crippen molar-refractivity contribution in [1.29, 1.82) is 0 Å². The van der Waals surface area contributed by atoms with Crippen LogP contribution in [-0.4, -0.2) is 30.0 Å². The Bertz CT molecular complexity index is 393. The second-order valence-corrected chi connectivity index (χ2v) is 3.27. The van der Waals surface area contributed by atoms with Crippen molar-refractivity contribution in [3.8, 4) is 11.5 Å². The average Bonchev–Trinajstić information content (AvgIpc) is 2.25. The van der Waals surface area contributed by atoms with Gasteiger partial charge in [-0.1, -0.05) is 0 Å². The molecule has 96 valence electrons. The topological polar surface area (TPSA) is 61.7 Å². The van der Waals surface area contributed by atoms with Gasteiger partial charge in [-0.25, -0.2) is 0 Å². The molecule has 0 aliphatic heterocycles. The lowest BCUT2D eigenvalue weighted by atomic mass is 10.1. The minimum absolute atomic E-state index is 0.0414. The summed E-state index contributed by atoms with van der Waals surface area (Å²) in [4.78, 5) is 0. The predicted octanol–water partition coefficient (Wildman–Crippen LogP) is 1.87. The first-order chi connectivity index (χ1) is 7.89. The Hall–Kier alpha value is -1.63. The van der Waals surface area contributed by atoms with Gasteiger partial charge in [0.2, 0.25) is 0 Å². The number of benzene rings is 1. The van der Waals surface area contributed by atoms with Crippen molar-refractivity contribution in [2.75, 3.05) is 19.0 Å². The number of aliphatic hydroxyl groups excluding tert-OH is 1. The van der Waals surface area contributed by atoms with Crippen LogP contribution in [0.3, 0.4) is 0 Å². The molecule has 0 bridgehead atoms. The Morgan fingerprint density at radius 2 is 2.00 bits per heavy atom. The number of aromatic hydroxyl groups is 1. The van der Waals surface area contributed by atoms with Crippen molar-refractivity contribution < 1.29 is 28.1 Å². The van der Waals surface area contributed by atoms with Crippen molar-refractivity contribution in [2.24, 2.45) is 0 Å². The second kappa shape index (κ2) is 5.13. The number of anilines is 1. The summed E-state index contributed by atoms with van der Waals surface area (Å²) in [5, 5.41) is 20.7. The highest BCUT2D eigenvalue weighted by Gasteiger charge is 2.27. The third-order valence-electron chi connectivity index (χ3n) is 2.10. The van der Waals surface area contributed by atoms with Gasteiger partial charge in [0.1, 0.15) is 18.0 Å². The van der Waals surface area contributed by atoms with E-state index in [1.807, 2.05) is 5.32 Å². The number of ether oxygens (including phenoxy) is 1. The Morgan fingerprint density at radius 1 is 1.35 bits per heavy atom. The number of nitrogens with one attached hydrogen (secondary N) is 1. The molecule has 0 spiro atoms. The predicted molar refractivity (Wildman–Crippen MR) is 55.1 cm³/mol. The Morgan fingerprint density at radius 3 is 2.47 bits per heavy atom. The average molecular weight is 251 g/mol. The van der Waals surface area contributed by atoms with Gasteiger partial charge in [0.05, 0.1) is 25.0 Å². The molecule has 1 aromatic carbocycles. The van der Waals surface area contributed by atoms with Gasteiger partial charge in [0, 0.05) is 0 Å². The molecule has 3 N–H and O–H groups in total. The van der Waals surface area contributed by atoms with Crippen molar-refractivity contribution in [2.45, 2.75) is 12.8 Å². The van der Waals surface area contributed by atoms with Gasteiger partial charge in [-0.3, -0.25) is 0 Å². The summed E-state index contributed by atoms with van der Waals surface area (Å²) in [7, 11) is 1.33. The number of alkyl halides is 3. The number of hydrogen-bond donors (Lipinski definition) is 3. The molecule has 0 saturated carbocycles. The lowest BCUT2D eigenvalue weighted by Crippen LogP contribution is -2.21. The van der Waals surface area contributed by atoms with E-state index >= 15 is 0 Å². The quantitative estimate of drug-likeness (QED) is 0.715. The first kappa shape index (κ1) is 13.4. The highest BCUT2D eigenvalue weighted by atomic mass is 19.4. The van der Waals surface area contributed by atoms with E-state index in [9.17, 15) is 18.3 Å². The smallest absolute Gasteiger partial charge is 0.405 e. The summed E-state index contributed by atoms with van der Waals surface area (Å²) >= 11 is 0. The molecule has 4 nitrogen and oxygen atoms in total. The van der Waals surface area contributed by atoms with Gasteiger partial charge < -0.3 is 20.3 Å². The SMILES string of the molecule is COc1ccc(NCC(F)(F)F)c(O)c1CO. The van der Waals surface area contributed by atoms with Crippen molar-refractivity contribution in [1.82, 2.24) is 0 Å². The van der Waals surface area contributed by atoms with Crippen LogP contribution in [0.4, 0.5) is 18.9 Å². The maximum absolute atomic E-state index is 12.0. The number of phenols is 1. The highest BCUT2D eigenvalue weighted by Crippen LogP contribution is 2.35. The van der Waals surface area contributed by atoms with Crippen LogP contribution in [0.2, 0.25) is 0 Å². The summed E-state index contributed by atoms with van der Waals surface area (Å²) in [5.41, 5.74) is -0.0631. The van der Waals surface area contributed by atoms with E-state index in [-0.39, 0.29) is 17.0 Å². The number of halogens is 3. The molecule has 7 heteroatoms. The van der Waals surface area contributed by atoms with Crippen LogP contribution in [0.5, 0.6) is 11.5 Å². The largest absolute Gasteiger partial charge is 0.505 e. The molecule has 0 fully saturated rings. The van der Waals surface area contributed by atoms with Crippen LogP contribution in [-0.2, 0) is 6.61 Å². The molecule has 0 atom stereocenters. The zero-order valence-electron chi connectivity index (χ0n) is 9.01. The van der Waals surface area contributed by atoms with Crippen LogP contribution in [0.15, 0.2) is 12.1 Å². The number of methoxy groups -OCH3 is 1. The Balaban J connectivity index is 2.95. The van der Waals surface area contributed by atoms with Crippen LogP contribution >= 0.6 is 0 Å². The third-order valence-corrected chi connectivity index (χ3v) is 2.10. The molecule has 0 amide bonds. The van der Waals surface area contributed by atoms with E-state index in [0.717, 1.165) is 0 Å². The first-order valence-corrected chi connectivity index (χ1v) is 4.69. The fourth-order valence-corrected chi connectivity index (χ4v) is 1.30. The minimum atomic E-state index is -4.38. The molecule has 0 aromatic heterocycles. The minimum Gasteiger partial charge on any atom is -0.505 e. The molecule has 0 saturated heterocycles. The van der Waals surface area contributed by atoms with Crippen molar-refractivity contribution in [3.05, 3.63) is 17.7 Å².